The van der Waals surface area contributed by atoms with E-state index >= 15 is 0 Å². The molecule has 0 aromatic heterocycles. The number of fused-ring (bicyclic) bond motifs is 1. The maximum absolute atomic E-state index is 13.1. The molecule has 7 heteroatoms. The molecular weight excluding hydrogens is 612 g/mol. The van der Waals surface area contributed by atoms with Gasteiger partial charge in [0.25, 0.3) is 11.8 Å². The lowest BCUT2D eigenvalue weighted by atomic mass is 9.97. The van der Waals surface area contributed by atoms with Crippen LogP contribution in [0.15, 0.2) is 127 Å². The summed E-state index contributed by atoms with van der Waals surface area (Å²) >= 11 is 0. The van der Waals surface area contributed by atoms with E-state index in [4.69, 9.17) is 9.47 Å². The number of benzene rings is 5. The van der Waals surface area contributed by atoms with Crippen LogP contribution >= 0.6 is 0 Å². The third kappa shape index (κ3) is 6.84. The molecule has 7 nitrogen and oxygen atoms in total. The zero-order valence-corrected chi connectivity index (χ0v) is 27.7. The van der Waals surface area contributed by atoms with Gasteiger partial charge in [-0.05, 0) is 59.5 Å². The van der Waals surface area contributed by atoms with Crippen LogP contribution < -0.4 is 0 Å². The third-order valence-electron chi connectivity index (χ3n) is 9.77. The molecule has 5 aromatic rings. The van der Waals surface area contributed by atoms with Gasteiger partial charge < -0.3 is 14.6 Å². The molecule has 2 aliphatic rings. The lowest BCUT2D eigenvalue weighted by Crippen LogP contribution is -2.38. The van der Waals surface area contributed by atoms with Gasteiger partial charge in [-0.1, -0.05) is 115 Å². The van der Waals surface area contributed by atoms with Crippen LogP contribution in [0.1, 0.15) is 80.3 Å². The molecule has 0 spiro atoms. The van der Waals surface area contributed by atoms with E-state index < -0.39 is 6.29 Å². The Labute approximate surface area is 287 Å². The Morgan fingerprint density at radius 3 is 1.98 bits per heavy atom. The van der Waals surface area contributed by atoms with Gasteiger partial charge in [0.05, 0.1) is 36.5 Å². The molecule has 4 atom stereocenters. The number of aliphatic hydroxyl groups is 1. The zero-order valence-electron chi connectivity index (χ0n) is 27.7. The predicted octanol–water partition coefficient (Wildman–Crippen LogP) is 7.88. The average molecular weight is 653 g/mol. The minimum Gasteiger partial charge on any atom is -0.392 e. The smallest absolute Gasteiger partial charge is 0.261 e. The Bertz CT molecular complexity index is 1890. The third-order valence-corrected chi connectivity index (χ3v) is 9.77. The van der Waals surface area contributed by atoms with Crippen molar-refractivity contribution in [2.75, 3.05) is 13.6 Å². The highest BCUT2D eigenvalue weighted by atomic mass is 16.7. The van der Waals surface area contributed by atoms with Gasteiger partial charge >= 0.3 is 0 Å². The fraction of sp³-hybridized carbons (Fsp3) is 0.238. The predicted molar refractivity (Wildman–Crippen MR) is 188 cm³/mol. The first-order valence-corrected chi connectivity index (χ1v) is 16.8. The Kier molecular flexibility index (Phi) is 9.51. The Hall–Kier alpha value is -4.92. The molecule has 1 saturated heterocycles. The summed E-state index contributed by atoms with van der Waals surface area (Å²) < 4.78 is 13.3. The SMILES string of the molecule is C[C@@H](c1ccccc1)N(C)C[C@@H]1C[C@H](c2ccc(CO)cc2)O[C@H](c2ccc(-c3ccccc3CN3C(=O)c4ccccc4C3=O)cc2)O1. The summed E-state index contributed by atoms with van der Waals surface area (Å²) in [6.45, 7) is 3.12. The van der Waals surface area contributed by atoms with Crippen LogP contribution in [0.3, 0.4) is 0 Å². The quantitative estimate of drug-likeness (QED) is 0.155. The first-order chi connectivity index (χ1) is 23.9. The summed E-state index contributed by atoms with van der Waals surface area (Å²) in [6, 6.07) is 41.6. The molecule has 2 aliphatic heterocycles. The van der Waals surface area contributed by atoms with Crippen molar-refractivity contribution in [2.24, 2.45) is 0 Å². The molecule has 1 N–H and O–H groups in total. The van der Waals surface area contributed by atoms with Crippen LogP contribution in [0.4, 0.5) is 0 Å². The number of nitrogens with zero attached hydrogens (tertiary/aromatic N) is 2. The number of likely N-dealkylation sites (N-methyl/N-ethyl adjacent to an activating group) is 1. The Morgan fingerprint density at radius 2 is 1.33 bits per heavy atom. The van der Waals surface area contributed by atoms with Crippen LogP contribution in [-0.4, -0.2) is 46.4 Å². The van der Waals surface area contributed by atoms with Crippen molar-refractivity contribution in [3.05, 3.63) is 166 Å². The minimum atomic E-state index is -0.579. The second kappa shape index (κ2) is 14.3. The summed E-state index contributed by atoms with van der Waals surface area (Å²) in [5.74, 6) is -0.535. The topological polar surface area (TPSA) is 79.3 Å². The molecule has 0 bridgehead atoms. The van der Waals surface area contributed by atoms with Crippen molar-refractivity contribution in [3.8, 4) is 11.1 Å². The molecule has 1 fully saturated rings. The fourth-order valence-corrected chi connectivity index (χ4v) is 6.81. The summed E-state index contributed by atoms with van der Waals surface area (Å²) in [5.41, 5.74) is 7.77. The molecule has 7 rings (SSSR count). The molecule has 0 saturated carbocycles. The molecule has 0 radical (unpaired) electrons. The van der Waals surface area contributed by atoms with Crippen LogP contribution in [0, 0.1) is 0 Å². The molecule has 2 heterocycles. The van der Waals surface area contributed by atoms with E-state index in [0.29, 0.717) is 17.5 Å². The van der Waals surface area contributed by atoms with Crippen molar-refractivity contribution in [1.29, 1.82) is 0 Å². The number of carbonyl (C=O) groups is 2. The number of rotatable bonds is 10. The Balaban J connectivity index is 1.12. The fourth-order valence-electron chi connectivity index (χ4n) is 6.81. The van der Waals surface area contributed by atoms with Crippen LogP contribution in [0.5, 0.6) is 0 Å². The zero-order chi connectivity index (χ0) is 33.9. The number of ether oxygens (including phenoxy) is 2. The molecule has 5 aromatic carbocycles. The molecule has 248 valence electrons. The molecule has 49 heavy (non-hydrogen) atoms. The van der Waals surface area contributed by atoms with E-state index in [1.54, 1.807) is 24.3 Å². The highest BCUT2D eigenvalue weighted by molar-refractivity contribution is 6.21. The largest absolute Gasteiger partial charge is 0.392 e. The summed E-state index contributed by atoms with van der Waals surface area (Å²) in [4.78, 5) is 29.9. The normalized spacial score (nSPS) is 19.7. The van der Waals surface area contributed by atoms with Gasteiger partial charge in [-0.2, -0.15) is 0 Å². The molecular formula is C42H40N2O5. The number of hydrogen-bond donors (Lipinski definition) is 1. The number of imide groups is 1. The first-order valence-electron chi connectivity index (χ1n) is 16.8. The average Bonchev–Trinajstić information content (AvgIpc) is 3.39. The van der Waals surface area contributed by atoms with Gasteiger partial charge in [0.15, 0.2) is 6.29 Å². The molecule has 0 aliphatic carbocycles. The highest BCUT2D eigenvalue weighted by Gasteiger charge is 2.36. The number of carbonyl (C=O) groups excluding carboxylic acids is 2. The van der Waals surface area contributed by atoms with E-state index in [-0.39, 0.29) is 43.2 Å². The van der Waals surface area contributed by atoms with E-state index in [9.17, 15) is 14.7 Å². The maximum Gasteiger partial charge on any atom is 0.261 e. The number of aliphatic hydroxyl groups excluding tert-OH is 1. The van der Waals surface area contributed by atoms with Crippen LogP contribution in [0.25, 0.3) is 11.1 Å². The van der Waals surface area contributed by atoms with E-state index in [1.807, 2.05) is 78.9 Å². The second-order valence-electron chi connectivity index (χ2n) is 12.9. The lowest BCUT2D eigenvalue weighted by Gasteiger charge is -2.39. The van der Waals surface area contributed by atoms with E-state index in [0.717, 1.165) is 39.9 Å². The van der Waals surface area contributed by atoms with Crippen molar-refractivity contribution < 1.29 is 24.2 Å². The first kappa shape index (κ1) is 32.6. The van der Waals surface area contributed by atoms with E-state index in [1.165, 1.54) is 10.5 Å². The van der Waals surface area contributed by atoms with Crippen molar-refractivity contribution in [1.82, 2.24) is 9.80 Å². The van der Waals surface area contributed by atoms with Crippen LogP contribution in [-0.2, 0) is 22.6 Å². The van der Waals surface area contributed by atoms with Crippen molar-refractivity contribution in [2.45, 2.75) is 51.0 Å². The van der Waals surface area contributed by atoms with Gasteiger partial charge in [-0.25, -0.2) is 0 Å². The van der Waals surface area contributed by atoms with Crippen molar-refractivity contribution in [3.63, 3.8) is 0 Å². The second-order valence-corrected chi connectivity index (χ2v) is 12.9. The monoisotopic (exact) mass is 652 g/mol. The molecule has 0 unspecified atom stereocenters. The lowest BCUT2D eigenvalue weighted by molar-refractivity contribution is -0.253. The summed E-state index contributed by atoms with van der Waals surface area (Å²) in [7, 11) is 2.13. The summed E-state index contributed by atoms with van der Waals surface area (Å²) in [6.07, 6.45) is -0.150. The minimum absolute atomic E-state index is 0.00386. The standard InChI is InChI=1S/C42H40N2O5/c1-28(30-10-4-3-5-11-30)43(2)26-35-24-39(32-18-16-29(27-45)17-19-32)49-42(48-35)33-22-20-31(21-23-33)36-13-7-6-12-34(36)25-44-40(46)37-14-8-9-15-38(37)41(44)47/h3-23,28,35,39,42,45H,24-27H2,1-2H3/t28-,35-,39+,42+/m0/s1. The van der Waals surface area contributed by atoms with Crippen LogP contribution in [0.2, 0.25) is 0 Å². The van der Waals surface area contributed by atoms with Crippen molar-refractivity contribution >= 4 is 11.8 Å². The van der Waals surface area contributed by atoms with Gasteiger partial charge in [0.2, 0.25) is 0 Å². The number of amides is 2. The highest BCUT2D eigenvalue weighted by Crippen LogP contribution is 2.39. The summed E-state index contributed by atoms with van der Waals surface area (Å²) in [5, 5.41) is 9.58. The number of hydrogen-bond acceptors (Lipinski definition) is 6. The van der Waals surface area contributed by atoms with Gasteiger partial charge in [-0.3, -0.25) is 19.4 Å². The maximum atomic E-state index is 13.1. The van der Waals surface area contributed by atoms with Gasteiger partial charge in [-0.15, -0.1) is 0 Å². The Morgan fingerprint density at radius 1 is 0.735 bits per heavy atom. The van der Waals surface area contributed by atoms with Gasteiger partial charge in [0.1, 0.15) is 0 Å². The van der Waals surface area contributed by atoms with Gasteiger partial charge in [0, 0.05) is 24.6 Å². The molecule has 2 amide bonds. The van der Waals surface area contributed by atoms with E-state index in [2.05, 4.69) is 43.1 Å².